The number of allylic oxidation sites excluding steroid dienone is 4. The molecule has 0 heterocycles. The smallest absolute Gasteiger partial charge is 0 e. The summed E-state index contributed by atoms with van der Waals surface area (Å²) in [6, 6.07) is 0. The Morgan fingerprint density at radius 3 is 2.44 bits per heavy atom. The zero-order chi connectivity index (χ0) is 5.98. The van der Waals surface area contributed by atoms with Crippen LogP contribution in [0.4, 0.5) is 0 Å². The first kappa shape index (κ1) is 9.00. The van der Waals surface area contributed by atoms with Crippen molar-refractivity contribution in [2.45, 2.75) is 20.3 Å². The predicted molar refractivity (Wildman–Crippen MR) is 35.4 cm³/mol. The third kappa shape index (κ3) is 2.38. The zero-order valence-corrected chi connectivity index (χ0v) is 6.90. The second kappa shape index (κ2) is 3.92. The topological polar surface area (TPSA) is 0 Å². The van der Waals surface area contributed by atoms with Crippen molar-refractivity contribution >= 4 is 0 Å². The Morgan fingerprint density at radius 1 is 1.56 bits per heavy atom. The Kier molecular flexibility index (Phi) is 3.92. The summed E-state index contributed by atoms with van der Waals surface area (Å²) in [5.41, 5.74) is 1.37. The van der Waals surface area contributed by atoms with Crippen LogP contribution in [-0.4, -0.2) is 0 Å². The predicted octanol–water partition coefficient (Wildman–Crippen LogP) is 2.33. The molecule has 0 saturated carbocycles. The van der Waals surface area contributed by atoms with E-state index in [1.165, 1.54) is 5.57 Å². The van der Waals surface area contributed by atoms with Crippen molar-refractivity contribution in [1.82, 2.24) is 0 Å². The van der Waals surface area contributed by atoms with E-state index in [9.17, 15) is 0 Å². The minimum Gasteiger partial charge on any atom is -0.269 e. The molecule has 0 saturated heterocycles. The van der Waals surface area contributed by atoms with Crippen LogP contribution in [0.1, 0.15) is 20.3 Å². The normalized spacial score (nSPS) is 15.7. The molecule has 1 aliphatic rings. The molecule has 0 aromatic rings. The Balaban J connectivity index is 0.000000640. The molecule has 0 unspecified atom stereocenters. The Bertz CT molecular complexity index is 132. The van der Waals surface area contributed by atoms with Gasteiger partial charge in [0.1, 0.15) is 0 Å². The summed E-state index contributed by atoms with van der Waals surface area (Å²) in [5, 5.41) is 0. The van der Waals surface area contributed by atoms with Gasteiger partial charge in [0, 0.05) is 17.1 Å². The van der Waals surface area contributed by atoms with Crippen molar-refractivity contribution in [3.63, 3.8) is 0 Å². The van der Waals surface area contributed by atoms with E-state index in [-0.39, 0.29) is 17.1 Å². The standard InChI is InChI=1S/C8H11.Fe/c1-7(2)8-5-3-4-6-8;/h3,5,7H,4H2,1-2H3;/q-1;. The van der Waals surface area contributed by atoms with Crippen molar-refractivity contribution in [1.29, 1.82) is 0 Å². The van der Waals surface area contributed by atoms with Crippen LogP contribution in [0.5, 0.6) is 0 Å². The van der Waals surface area contributed by atoms with Gasteiger partial charge >= 0.3 is 0 Å². The van der Waals surface area contributed by atoms with E-state index in [1.54, 1.807) is 0 Å². The number of hydrogen-bond donors (Lipinski definition) is 0. The van der Waals surface area contributed by atoms with Gasteiger partial charge in [-0.3, -0.25) is 6.08 Å². The van der Waals surface area contributed by atoms with Crippen molar-refractivity contribution in [2.24, 2.45) is 5.92 Å². The summed E-state index contributed by atoms with van der Waals surface area (Å²) in [5.74, 6) is 0.661. The minimum absolute atomic E-state index is 0. The van der Waals surface area contributed by atoms with Gasteiger partial charge in [-0.2, -0.15) is 6.08 Å². The van der Waals surface area contributed by atoms with Crippen molar-refractivity contribution in [3.8, 4) is 0 Å². The fraction of sp³-hybridized carbons (Fsp3) is 0.500. The maximum atomic E-state index is 3.26. The summed E-state index contributed by atoms with van der Waals surface area (Å²) < 4.78 is 0. The van der Waals surface area contributed by atoms with Crippen LogP contribution < -0.4 is 0 Å². The SMILES string of the molecule is CC(C)C1=[C-]CC=C1.[Fe]. The van der Waals surface area contributed by atoms with Gasteiger partial charge in [-0.05, 0) is 0 Å². The number of rotatable bonds is 1. The Labute approximate surface area is 67.5 Å². The van der Waals surface area contributed by atoms with E-state index in [4.69, 9.17) is 0 Å². The first-order chi connectivity index (χ1) is 3.80. The van der Waals surface area contributed by atoms with E-state index in [0.717, 1.165) is 6.42 Å². The van der Waals surface area contributed by atoms with Crippen LogP contribution in [0.3, 0.4) is 0 Å². The molecule has 0 atom stereocenters. The molecule has 0 aromatic heterocycles. The van der Waals surface area contributed by atoms with Gasteiger partial charge in [-0.1, -0.05) is 19.8 Å². The molecule has 0 nitrogen and oxygen atoms in total. The Hall–Kier alpha value is -0.000519. The summed E-state index contributed by atoms with van der Waals surface area (Å²) in [6.07, 6.45) is 8.59. The first-order valence-corrected chi connectivity index (χ1v) is 3.08. The average molecular weight is 163 g/mol. The maximum Gasteiger partial charge on any atom is 0 e. The van der Waals surface area contributed by atoms with Gasteiger partial charge in [0.05, 0.1) is 0 Å². The fourth-order valence-corrected chi connectivity index (χ4v) is 0.818. The van der Waals surface area contributed by atoms with Crippen molar-refractivity contribution in [3.05, 3.63) is 23.8 Å². The second-order valence-corrected chi connectivity index (χ2v) is 2.39. The van der Waals surface area contributed by atoms with Crippen LogP contribution in [-0.2, 0) is 17.1 Å². The average Bonchev–Trinajstić information content (AvgIpc) is 2.12. The molecule has 1 aliphatic carbocycles. The molecule has 0 amide bonds. The Morgan fingerprint density at radius 2 is 2.22 bits per heavy atom. The van der Waals surface area contributed by atoms with Gasteiger partial charge in [0.2, 0.25) is 0 Å². The van der Waals surface area contributed by atoms with Crippen LogP contribution >= 0.6 is 0 Å². The van der Waals surface area contributed by atoms with E-state index < -0.39 is 0 Å². The van der Waals surface area contributed by atoms with E-state index >= 15 is 0 Å². The molecular weight excluding hydrogens is 152 g/mol. The van der Waals surface area contributed by atoms with Gasteiger partial charge in [-0.25, -0.2) is 11.6 Å². The molecule has 0 aromatic carbocycles. The first-order valence-electron chi connectivity index (χ1n) is 3.08. The minimum atomic E-state index is 0. The van der Waals surface area contributed by atoms with E-state index in [2.05, 4.69) is 32.1 Å². The quantitative estimate of drug-likeness (QED) is 0.411. The van der Waals surface area contributed by atoms with Crippen molar-refractivity contribution < 1.29 is 17.1 Å². The van der Waals surface area contributed by atoms with Crippen molar-refractivity contribution in [2.75, 3.05) is 0 Å². The third-order valence-electron chi connectivity index (χ3n) is 1.34. The second-order valence-electron chi connectivity index (χ2n) is 2.39. The van der Waals surface area contributed by atoms with Crippen LogP contribution in [0.25, 0.3) is 0 Å². The van der Waals surface area contributed by atoms with Crippen LogP contribution in [0.2, 0.25) is 0 Å². The summed E-state index contributed by atoms with van der Waals surface area (Å²) in [6.45, 7) is 4.38. The van der Waals surface area contributed by atoms with E-state index in [0.29, 0.717) is 5.92 Å². The molecule has 0 radical (unpaired) electrons. The molecule has 0 fully saturated rings. The molecule has 1 rings (SSSR count). The molecule has 52 valence electrons. The molecule has 0 bridgehead atoms. The zero-order valence-electron chi connectivity index (χ0n) is 5.79. The van der Waals surface area contributed by atoms with Crippen LogP contribution in [0, 0.1) is 12.0 Å². The van der Waals surface area contributed by atoms with Gasteiger partial charge in [0.15, 0.2) is 0 Å². The summed E-state index contributed by atoms with van der Waals surface area (Å²) in [7, 11) is 0. The van der Waals surface area contributed by atoms with Crippen LogP contribution in [0.15, 0.2) is 17.7 Å². The molecule has 0 aliphatic heterocycles. The number of hydrogen-bond acceptors (Lipinski definition) is 0. The summed E-state index contributed by atoms with van der Waals surface area (Å²) >= 11 is 0. The van der Waals surface area contributed by atoms with Gasteiger partial charge in [-0.15, -0.1) is 6.42 Å². The molecule has 0 spiro atoms. The largest absolute Gasteiger partial charge is 0.269 e. The molecule has 1 heteroatoms. The third-order valence-corrected chi connectivity index (χ3v) is 1.34. The monoisotopic (exact) mass is 163 g/mol. The molecule has 9 heavy (non-hydrogen) atoms. The molecule has 0 N–H and O–H groups in total. The van der Waals surface area contributed by atoms with Gasteiger partial charge in [0.25, 0.3) is 0 Å². The van der Waals surface area contributed by atoms with E-state index in [1.807, 2.05) is 0 Å². The van der Waals surface area contributed by atoms with Gasteiger partial charge < -0.3 is 0 Å². The molecular formula is C8H11Fe-. The summed E-state index contributed by atoms with van der Waals surface area (Å²) in [4.78, 5) is 0. The fourth-order valence-electron chi connectivity index (χ4n) is 0.818. The maximum absolute atomic E-state index is 3.26.